The molecule has 1 aromatic rings. The van der Waals surface area contributed by atoms with Gasteiger partial charge in [0, 0.05) is 11.6 Å². The normalized spacial score (nSPS) is 37.0. The molecule has 3 aliphatic carbocycles. The van der Waals surface area contributed by atoms with Gasteiger partial charge in [-0.3, -0.25) is 0 Å². The lowest BCUT2D eigenvalue weighted by Gasteiger charge is -2.62. The monoisotopic (exact) mass is 270 g/mol. The molecule has 0 spiro atoms. The van der Waals surface area contributed by atoms with Gasteiger partial charge in [-0.05, 0) is 42.2 Å². The number of hydrogen-bond acceptors (Lipinski definition) is 3. The highest BCUT2D eigenvalue weighted by Crippen LogP contribution is 2.61. The highest BCUT2D eigenvalue weighted by molar-refractivity contribution is 5.89. The van der Waals surface area contributed by atoms with Crippen LogP contribution in [0.4, 0.5) is 5.69 Å². The van der Waals surface area contributed by atoms with Crippen molar-refractivity contribution in [2.45, 2.75) is 32.7 Å². The van der Waals surface area contributed by atoms with E-state index in [-0.39, 0.29) is 0 Å². The lowest BCUT2D eigenvalue weighted by molar-refractivity contribution is -0.116. The maximum Gasteiger partial charge on any atom is 0.289 e. The first-order chi connectivity index (χ1) is 9.64. The van der Waals surface area contributed by atoms with Gasteiger partial charge in [0.1, 0.15) is 0 Å². The number of ether oxygens (including phenoxy) is 1. The lowest BCUT2D eigenvalue weighted by atomic mass is 9.45. The minimum atomic E-state index is 0.454. The number of aliphatic imine (C=N–C) groups is 1. The van der Waals surface area contributed by atoms with E-state index in [4.69, 9.17) is 9.73 Å². The third kappa shape index (κ3) is 1.75. The van der Waals surface area contributed by atoms with Gasteiger partial charge in [0.05, 0.1) is 12.6 Å². The number of benzene rings is 1. The molecule has 1 heterocycles. The van der Waals surface area contributed by atoms with Gasteiger partial charge in [-0.2, -0.15) is 0 Å². The fraction of sp³-hybridized carbons (Fsp3) is 0.588. The number of nitrogens with zero attached hydrogens (tertiary/aromatic N) is 1. The van der Waals surface area contributed by atoms with Gasteiger partial charge in [0.2, 0.25) is 0 Å². The summed E-state index contributed by atoms with van der Waals surface area (Å²) in [6, 6.07) is 11.3. The Bertz CT molecular complexity index is 537. The fourth-order valence-electron chi connectivity index (χ4n) is 4.30. The van der Waals surface area contributed by atoms with Gasteiger partial charge < -0.3 is 10.1 Å². The van der Waals surface area contributed by atoms with Crippen molar-refractivity contribution in [1.29, 1.82) is 0 Å². The van der Waals surface area contributed by atoms with Crippen LogP contribution in [-0.4, -0.2) is 18.7 Å². The predicted octanol–water partition coefficient (Wildman–Crippen LogP) is 3.54. The van der Waals surface area contributed by atoms with Crippen molar-refractivity contribution in [3.05, 3.63) is 30.3 Å². The summed E-state index contributed by atoms with van der Waals surface area (Å²) in [6.07, 6.45) is 2.65. The number of anilines is 1. The fourth-order valence-corrected chi connectivity index (χ4v) is 4.30. The first-order valence-electron chi connectivity index (χ1n) is 7.67. The maximum absolute atomic E-state index is 5.83. The van der Waals surface area contributed by atoms with Crippen molar-refractivity contribution in [1.82, 2.24) is 0 Å². The topological polar surface area (TPSA) is 33.6 Å². The van der Waals surface area contributed by atoms with Crippen LogP contribution in [0.1, 0.15) is 26.7 Å². The van der Waals surface area contributed by atoms with E-state index in [1.54, 1.807) is 0 Å². The first-order valence-corrected chi connectivity index (χ1v) is 7.67. The van der Waals surface area contributed by atoms with Crippen LogP contribution in [0.3, 0.4) is 0 Å². The van der Waals surface area contributed by atoms with E-state index in [2.05, 4.69) is 19.2 Å². The Morgan fingerprint density at radius 2 is 2.00 bits per heavy atom. The molecular weight excluding hydrogens is 248 g/mol. The SMILES string of the molecule is CC1(C)[C@@H]2C[C@@H]3COC(Nc4ccccc4)=N[C@H]3[C@H]1C2. The van der Waals surface area contributed by atoms with Gasteiger partial charge in [-0.15, -0.1) is 0 Å². The van der Waals surface area contributed by atoms with Crippen LogP contribution in [0.2, 0.25) is 0 Å². The molecule has 0 amide bonds. The molecule has 1 N–H and O–H groups in total. The largest absolute Gasteiger partial charge is 0.465 e. The van der Waals surface area contributed by atoms with Gasteiger partial charge in [-0.25, -0.2) is 4.99 Å². The molecule has 0 unspecified atom stereocenters. The van der Waals surface area contributed by atoms with Crippen molar-refractivity contribution in [2.75, 3.05) is 11.9 Å². The minimum absolute atomic E-state index is 0.454. The van der Waals surface area contributed by atoms with E-state index >= 15 is 0 Å². The Labute approximate surface area is 120 Å². The summed E-state index contributed by atoms with van der Waals surface area (Å²) in [5, 5.41) is 3.31. The first kappa shape index (κ1) is 12.2. The molecular formula is C17H22N2O. The third-order valence-electron chi connectivity index (χ3n) is 5.75. The average Bonchev–Trinajstić information content (AvgIpc) is 2.47. The summed E-state index contributed by atoms with van der Waals surface area (Å²) in [5.41, 5.74) is 1.52. The zero-order valence-electron chi connectivity index (χ0n) is 12.2. The van der Waals surface area contributed by atoms with E-state index in [0.29, 0.717) is 23.4 Å². The van der Waals surface area contributed by atoms with Crippen molar-refractivity contribution >= 4 is 11.7 Å². The second kappa shape index (κ2) is 4.24. The number of nitrogens with one attached hydrogen (secondary N) is 1. The van der Waals surface area contributed by atoms with Crippen molar-refractivity contribution in [3.63, 3.8) is 0 Å². The van der Waals surface area contributed by atoms with Crippen LogP contribution < -0.4 is 5.32 Å². The number of amidine groups is 1. The molecule has 4 atom stereocenters. The van der Waals surface area contributed by atoms with E-state index in [9.17, 15) is 0 Å². The van der Waals surface area contributed by atoms with Crippen LogP contribution in [-0.2, 0) is 4.74 Å². The summed E-state index contributed by atoms with van der Waals surface area (Å²) < 4.78 is 5.83. The van der Waals surface area contributed by atoms with Gasteiger partial charge in [0.15, 0.2) is 0 Å². The smallest absolute Gasteiger partial charge is 0.289 e. The average molecular weight is 270 g/mol. The van der Waals surface area contributed by atoms with Crippen LogP contribution in [0.25, 0.3) is 0 Å². The minimum Gasteiger partial charge on any atom is -0.465 e. The van der Waals surface area contributed by atoms with Gasteiger partial charge >= 0.3 is 0 Å². The molecule has 2 bridgehead atoms. The standard InChI is InChI=1S/C17H22N2O/c1-17(2)12-8-11-10-20-16(19-15(11)14(17)9-12)18-13-6-4-3-5-7-13/h3-7,11-12,14-15H,8-10H2,1-2H3,(H,18,19)/t11-,12-,14-,15-/m1/s1. The molecule has 0 radical (unpaired) electrons. The molecule has 4 aliphatic rings. The maximum atomic E-state index is 5.83. The van der Waals surface area contributed by atoms with E-state index in [1.165, 1.54) is 12.8 Å². The lowest BCUT2D eigenvalue weighted by Crippen LogP contribution is -2.60. The molecule has 0 saturated heterocycles. The zero-order valence-corrected chi connectivity index (χ0v) is 12.2. The summed E-state index contributed by atoms with van der Waals surface area (Å²) in [5.74, 6) is 2.26. The Morgan fingerprint density at radius 1 is 1.20 bits per heavy atom. The summed E-state index contributed by atoms with van der Waals surface area (Å²) >= 11 is 0. The molecule has 1 aliphatic heterocycles. The highest BCUT2D eigenvalue weighted by atomic mass is 16.5. The predicted molar refractivity (Wildman–Crippen MR) is 80.7 cm³/mol. The summed E-state index contributed by atoms with van der Waals surface area (Å²) in [6.45, 7) is 5.65. The zero-order chi connectivity index (χ0) is 13.7. The summed E-state index contributed by atoms with van der Waals surface area (Å²) in [4.78, 5) is 4.90. The van der Waals surface area contributed by atoms with Crippen molar-refractivity contribution in [2.24, 2.45) is 28.2 Å². The van der Waals surface area contributed by atoms with Crippen molar-refractivity contribution in [3.8, 4) is 0 Å². The number of rotatable bonds is 1. The van der Waals surface area contributed by atoms with Crippen LogP contribution in [0.5, 0.6) is 0 Å². The van der Waals surface area contributed by atoms with Crippen LogP contribution in [0, 0.1) is 23.2 Å². The van der Waals surface area contributed by atoms with E-state index in [1.807, 2.05) is 30.3 Å². The second-order valence-corrected chi connectivity index (χ2v) is 7.08. The molecule has 3 saturated carbocycles. The molecule has 3 fully saturated rings. The Kier molecular flexibility index (Phi) is 2.60. The van der Waals surface area contributed by atoms with Crippen LogP contribution in [0.15, 0.2) is 35.3 Å². The molecule has 106 valence electrons. The molecule has 3 nitrogen and oxygen atoms in total. The molecule has 0 aromatic heterocycles. The number of para-hydroxylation sites is 1. The Morgan fingerprint density at radius 3 is 2.75 bits per heavy atom. The highest BCUT2D eigenvalue weighted by Gasteiger charge is 2.58. The van der Waals surface area contributed by atoms with Crippen LogP contribution >= 0.6 is 0 Å². The van der Waals surface area contributed by atoms with Gasteiger partial charge in [0.25, 0.3) is 6.02 Å². The third-order valence-corrected chi connectivity index (χ3v) is 5.75. The molecule has 5 rings (SSSR count). The van der Waals surface area contributed by atoms with E-state index < -0.39 is 0 Å². The van der Waals surface area contributed by atoms with E-state index in [0.717, 1.165) is 24.1 Å². The molecule has 1 aromatic carbocycles. The Hall–Kier alpha value is -1.51. The van der Waals surface area contributed by atoms with Gasteiger partial charge in [-0.1, -0.05) is 32.0 Å². The molecule has 3 heteroatoms. The number of hydrogen-bond donors (Lipinski definition) is 1. The molecule has 20 heavy (non-hydrogen) atoms. The Balaban J connectivity index is 1.55. The van der Waals surface area contributed by atoms with Crippen molar-refractivity contribution < 1.29 is 4.74 Å². The summed E-state index contributed by atoms with van der Waals surface area (Å²) in [7, 11) is 0. The second-order valence-electron chi connectivity index (χ2n) is 7.08. The quantitative estimate of drug-likeness (QED) is 0.847.